The van der Waals surface area contributed by atoms with E-state index in [1.54, 1.807) is 18.5 Å². The third-order valence-electron chi connectivity index (χ3n) is 2.40. The highest BCUT2D eigenvalue weighted by Gasteiger charge is 2.15. The van der Waals surface area contributed by atoms with Gasteiger partial charge in [0.2, 0.25) is 0 Å². The van der Waals surface area contributed by atoms with Gasteiger partial charge in [-0.1, -0.05) is 5.16 Å². The molecule has 0 atom stereocenters. The van der Waals surface area contributed by atoms with Crippen molar-refractivity contribution < 1.29 is 9.60 Å². The van der Waals surface area contributed by atoms with Crippen molar-refractivity contribution in [1.29, 1.82) is 0 Å². The molecule has 2 rings (SSSR count). The van der Waals surface area contributed by atoms with Crippen LogP contribution in [0.15, 0.2) is 34.2 Å². The number of nitrogens with two attached hydrogens (primary N) is 1. The number of hydrogen-bond donors (Lipinski definition) is 2. The molecule has 0 amide bonds. The number of aryl methyl sites for hydroxylation is 1. The van der Waals surface area contributed by atoms with Gasteiger partial charge in [-0.05, 0) is 40.5 Å². The van der Waals surface area contributed by atoms with E-state index in [0.717, 1.165) is 5.56 Å². The summed E-state index contributed by atoms with van der Waals surface area (Å²) in [7, 11) is 0. The molecule has 3 N–H and O–H groups in total. The molecule has 0 aliphatic carbocycles. The number of nitrogens with zero attached hydrogens (tertiary/aromatic N) is 3. The standard InChI is InChI=1S/C11H10BrFN4O/c1-6-4-15-17(5-6)8-3-2-7(11(14)16-18)9(12)10(8)13/h2-5,18H,1H3,(H2,14,16). The highest BCUT2D eigenvalue weighted by molar-refractivity contribution is 9.10. The van der Waals surface area contributed by atoms with Gasteiger partial charge in [-0.3, -0.25) is 0 Å². The highest BCUT2D eigenvalue weighted by atomic mass is 79.9. The Morgan fingerprint density at radius 3 is 2.83 bits per heavy atom. The first kappa shape index (κ1) is 12.6. The molecule has 0 radical (unpaired) electrons. The van der Waals surface area contributed by atoms with Crippen LogP contribution in [-0.2, 0) is 0 Å². The largest absolute Gasteiger partial charge is 0.409 e. The summed E-state index contributed by atoms with van der Waals surface area (Å²) in [6.45, 7) is 1.86. The van der Waals surface area contributed by atoms with E-state index in [4.69, 9.17) is 10.9 Å². The van der Waals surface area contributed by atoms with Crippen LogP contribution < -0.4 is 5.73 Å². The Hall–Kier alpha value is -1.89. The zero-order chi connectivity index (χ0) is 13.3. The molecule has 0 aliphatic heterocycles. The molecule has 7 heteroatoms. The second kappa shape index (κ2) is 4.77. The van der Waals surface area contributed by atoms with Gasteiger partial charge in [-0.2, -0.15) is 5.10 Å². The lowest BCUT2D eigenvalue weighted by molar-refractivity contribution is 0.318. The van der Waals surface area contributed by atoms with E-state index in [1.807, 2.05) is 6.92 Å². The first-order valence-corrected chi connectivity index (χ1v) is 5.81. The molecule has 1 heterocycles. The minimum Gasteiger partial charge on any atom is -0.409 e. The minimum atomic E-state index is -0.526. The van der Waals surface area contributed by atoms with E-state index in [9.17, 15) is 4.39 Å². The molecule has 0 bridgehead atoms. The SMILES string of the molecule is Cc1cnn(-c2ccc(/C(N)=N/O)c(Br)c2F)c1. The van der Waals surface area contributed by atoms with Crippen LogP contribution in [0, 0.1) is 12.7 Å². The fourth-order valence-corrected chi connectivity index (χ4v) is 2.05. The fourth-order valence-electron chi connectivity index (χ4n) is 1.51. The summed E-state index contributed by atoms with van der Waals surface area (Å²) in [5, 5.41) is 15.5. The first-order valence-electron chi connectivity index (χ1n) is 5.02. The number of aromatic nitrogens is 2. The maximum absolute atomic E-state index is 14.2. The number of amidine groups is 1. The van der Waals surface area contributed by atoms with Gasteiger partial charge in [0, 0.05) is 11.8 Å². The Morgan fingerprint density at radius 2 is 2.28 bits per heavy atom. The lowest BCUT2D eigenvalue weighted by Gasteiger charge is -2.08. The normalized spacial score (nSPS) is 11.8. The van der Waals surface area contributed by atoms with Gasteiger partial charge >= 0.3 is 0 Å². The molecular formula is C11H10BrFN4O. The number of benzene rings is 1. The highest BCUT2D eigenvalue weighted by Crippen LogP contribution is 2.26. The molecule has 0 aliphatic rings. The number of rotatable bonds is 2. The topological polar surface area (TPSA) is 76.4 Å². The smallest absolute Gasteiger partial charge is 0.171 e. The van der Waals surface area contributed by atoms with Crippen molar-refractivity contribution in [3.63, 3.8) is 0 Å². The van der Waals surface area contributed by atoms with Gasteiger partial charge in [0.1, 0.15) is 5.69 Å². The predicted molar refractivity (Wildman–Crippen MR) is 68.5 cm³/mol. The van der Waals surface area contributed by atoms with E-state index in [-0.39, 0.29) is 21.6 Å². The second-order valence-electron chi connectivity index (χ2n) is 3.71. The molecular weight excluding hydrogens is 303 g/mol. The van der Waals surface area contributed by atoms with Crippen LogP contribution in [0.4, 0.5) is 4.39 Å². The molecule has 0 saturated heterocycles. The molecule has 0 spiro atoms. The third kappa shape index (κ3) is 2.08. The van der Waals surface area contributed by atoms with Gasteiger partial charge in [-0.25, -0.2) is 9.07 Å². The maximum atomic E-state index is 14.2. The van der Waals surface area contributed by atoms with Crippen molar-refractivity contribution in [2.24, 2.45) is 10.9 Å². The van der Waals surface area contributed by atoms with Gasteiger partial charge < -0.3 is 10.9 Å². The average Bonchev–Trinajstić information content (AvgIpc) is 2.78. The summed E-state index contributed by atoms with van der Waals surface area (Å²) in [4.78, 5) is 0. The molecule has 0 saturated carbocycles. The van der Waals surface area contributed by atoms with E-state index in [2.05, 4.69) is 26.2 Å². The third-order valence-corrected chi connectivity index (χ3v) is 3.18. The maximum Gasteiger partial charge on any atom is 0.171 e. The molecule has 0 unspecified atom stereocenters. The van der Waals surface area contributed by atoms with Crippen LogP contribution in [0.3, 0.4) is 0 Å². The Kier molecular flexibility index (Phi) is 3.33. The van der Waals surface area contributed by atoms with Gasteiger partial charge in [0.15, 0.2) is 11.7 Å². The van der Waals surface area contributed by atoms with E-state index >= 15 is 0 Å². The zero-order valence-corrected chi connectivity index (χ0v) is 11.0. The average molecular weight is 313 g/mol. The number of hydrogen-bond acceptors (Lipinski definition) is 3. The summed E-state index contributed by atoms with van der Waals surface area (Å²) in [5.74, 6) is -0.689. The van der Waals surface area contributed by atoms with Crippen LogP contribution >= 0.6 is 15.9 Å². The Balaban J connectivity index is 2.57. The van der Waals surface area contributed by atoms with Crippen LogP contribution in [0.1, 0.15) is 11.1 Å². The lowest BCUT2D eigenvalue weighted by Crippen LogP contribution is -2.15. The van der Waals surface area contributed by atoms with Crippen molar-refractivity contribution in [1.82, 2.24) is 9.78 Å². The monoisotopic (exact) mass is 312 g/mol. The molecule has 1 aromatic carbocycles. The quantitative estimate of drug-likeness (QED) is 0.386. The fraction of sp³-hybridized carbons (Fsp3) is 0.0909. The Labute approximate surface area is 111 Å². The zero-order valence-electron chi connectivity index (χ0n) is 9.43. The molecule has 5 nitrogen and oxygen atoms in total. The van der Waals surface area contributed by atoms with E-state index < -0.39 is 5.82 Å². The van der Waals surface area contributed by atoms with Crippen molar-refractivity contribution in [3.8, 4) is 5.69 Å². The first-order chi connectivity index (χ1) is 8.54. The van der Waals surface area contributed by atoms with Gasteiger partial charge in [0.05, 0.1) is 10.7 Å². The Bertz CT molecular complexity index is 624. The van der Waals surface area contributed by atoms with Crippen molar-refractivity contribution >= 4 is 21.8 Å². The van der Waals surface area contributed by atoms with Crippen LogP contribution in [-0.4, -0.2) is 20.8 Å². The summed E-state index contributed by atoms with van der Waals surface area (Å²) >= 11 is 3.09. The lowest BCUT2D eigenvalue weighted by atomic mass is 10.2. The summed E-state index contributed by atoms with van der Waals surface area (Å²) < 4.78 is 15.7. The van der Waals surface area contributed by atoms with E-state index in [0.29, 0.717) is 0 Å². The molecule has 94 valence electrons. The van der Waals surface area contributed by atoms with E-state index in [1.165, 1.54) is 10.7 Å². The van der Waals surface area contributed by atoms with Gasteiger partial charge in [0.25, 0.3) is 0 Å². The van der Waals surface area contributed by atoms with Gasteiger partial charge in [-0.15, -0.1) is 0 Å². The summed E-state index contributed by atoms with van der Waals surface area (Å²) in [5.41, 5.74) is 6.92. The van der Waals surface area contributed by atoms with Crippen LogP contribution in [0.5, 0.6) is 0 Å². The summed E-state index contributed by atoms with van der Waals surface area (Å²) in [6.07, 6.45) is 3.33. The van der Waals surface area contributed by atoms with Crippen molar-refractivity contribution in [2.75, 3.05) is 0 Å². The van der Waals surface area contributed by atoms with Crippen LogP contribution in [0.2, 0.25) is 0 Å². The predicted octanol–water partition coefficient (Wildman–Crippen LogP) is 2.18. The van der Waals surface area contributed by atoms with Crippen molar-refractivity contribution in [3.05, 3.63) is 45.9 Å². The number of oxime groups is 1. The number of halogens is 2. The van der Waals surface area contributed by atoms with Crippen molar-refractivity contribution in [2.45, 2.75) is 6.92 Å². The second-order valence-corrected chi connectivity index (χ2v) is 4.50. The molecule has 18 heavy (non-hydrogen) atoms. The molecule has 2 aromatic rings. The van der Waals surface area contributed by atoms with Crippen LogP contribution in [0.25, 0.3) is 5.69 Å². The molecule has 0 fully saturated rings. The Morgan fingerprint density at radius 1 is 1.56 bits per heavy atom. The summed E-state index contributed by atoms with van der Waals surface area (Å²) in [6, 6.07) is 3.06. The molecule has 1 aromatic heterocycles. The minimum absolute atomic E-state index is 0.128.